The van der Waals surface area contributed by atoms with Crippen molar-refractivity contribution in [2.75, 3.05) is 11.9 Å². The first kappa shape index (κ1) is 23.1. The number of hydrogen-bond acceptors (Lipinski definition) is 5. The standard InChI is InChI=1S/C21H20F3NO5/c1-13(26)17-4-3-5-18(10-17)25-19(27)14(2)30-20(28)16-8-6-15(7-9-16)11-29-12-21(22,23)24/h3-10,14H,11-12H2,1-2H3,(H,25,27). The van der Waals surface area contributed by atoms with Crippen molar-refractivity contribution in [2.45, 2.75) is 32.7 Å². The number of amides is 1. The lowest BCUT2D eigenvalue weighted by molar-refractivity contribution is -0.176. The number of ketones is 1. The van der Waals surface area contributed by atoms with Gasteiger partial charge in [0.05, 0.1) is 12.2 Å². The summed E-state index contributed by atoms with van der Waals surface area (Å²) in [4.78, 5) is 35.8. The van der Waals surface area contributed by atoms with Crippen LogP contribution in [-0.2, 0) is 20.9 Å². The Bertz CT molecular complexity index is 910. The molecule has 30 heavy (non-hydrogen) atoms. The minimum absolute atomic E-state index is 0.132. The maximum absolute atomic E-state index is 12.2. The highest BCUT2D eigenvalue weighted by atomic mass is 19.4. The van der Waals surface area contributed by atoms with E-state index in [2.05, 4.69) is 10.1 Å². The van der Waals surface area contributed by atoms with Gasteiger partial charge in [0.2, 0.25) is 0 Å². The van der Waals surface area contributed by atoms with Gasteiger partial charge in [-0.1, -0.05) is 24.3 Å². The number of carbonyl (C=O) groups excluding carboxylic acids is 3. The van der Waals surface area contributed by atoms with Crippen LogP contribution in [0.1, 0.15) is 40.1 Å². The Morgan fingerprint density at radius 3 is 2.30 bits per heavy atom. The van der Waals surface area contributed by atoms with E-state index >= 15 is 0 Å². The van der Waals surface area contributed by atoms with Gasteiger partial charge in [0, 0.05) is 11.3 Å². The van der Waals surface area contributed by atoms with Crippen LogP contribution < -0.4 is 5.32 Å². The average Bonchev–Trinajstić information content (AvgIpc) is 2.67. The second kappa shape index (κ2) is 10.0. The molecule has 0 aliphatic heterocycles. The van der Waals surface area contributed by atoms with Gasteiger partial charge in [-0.05, 0) is 43.7 Å². The minimum Gasteiger partial charge on any atom is -0.449 e. The quantitative estimate of drug-likeness (QED) is 0.510. The summed E-state index contributed by atoms with van der Waals surface area (Å²) in [5.74, 6) is -1.50. The summed E-state index contributed by atoms with van der Waals surface area (Å²) in [7, 11) is 0. The summed E-state index contributed by atoms with van der Waals surface area (Å²) in [6.07, 6.45) is -5.53. The van der Waals surface area contributed by atoms with Crippen LogP contribution in [-0.4, -0.2) is 36.5 Å². The number of esters is 1. The van der Waals surface area contributed by atoms with E-state index in [1.54, 1.807) is 18.2 Å². The van der Waals surface area contributed by atoms with Crippen molar-refractivity contribution in [2.24, 2.45) is 0 Å². The van der Waals surface area contributed by atoms with Crippen molar-refractivity contribution in [3.05, 3.63) is 65.2 Å². The van der Waals surface area contributed by atoms with Crippen LogP contribution in [0, 0.1) is 0 Å². The van der Waals surface area contributed by atoms with Gasteiger partial charge in [-0.2, -0.15) is 13.2 Å². The Labute approximate surface area is 171 Å². The smallest absolute Gasteiger partial charge is 0.411 e. The first-order valence-corrected chi connectivity index (χ1v) is 8.91. The van der Waals surface area contributed by atoms with E-state index in [4.69, 9.17) is 4.74 Å². The molecule has 0 bridgehead atoms. The molecule has 6 nitrogen and oxygen atoms in total. The lowest BCUT2D eigenvalue weighted by Crippen LogP contribution is -2.30. The SMILES string of the molecule is CC(=O)c1cccc(NC(=O)C(C)OC(=O)c2ccc(COCC(F)(F)F)cc2)c1. The van der Waals surface area contributed by atoms with Crippen LogP contribution in [0.3, 0.4) is 0 Å². The van der Waals surface area contributed by atoms with Crippen molar-refractivity contribution >= 4 is 23.3 Å². The maximum Gasteiger partial charge on any atom is 0.411 e. The molecular formula is C21H20F3NO5. The Morgan fingerprint density at radius 1 is 1.03 bits per heavy atom. The molecule has 0 saturated carbocycles. The monoisotopic (exact) mass is 423 g/mol. The van der Waals surface area contributed by atoms with Gasteiger partial charge in [0.15, 0.2) is 11.9 Å². The molecule has 0 aromatic heterocycles. The molecular weight excluding hydrogens is 403 g/mol. The number of hydrogen-bond donors (Lipinski definition) is 1. The van der Waals surface area contributed by atoms with Gasteiger partial charge in [-0.15, -0.1) is 0 Å². The van der Waals surface area contributed by atoms with Crippen LogP contribution in [0.4, 0.5) is 18.9 Å². The van der Waals surface area contributed by atoms with Crippen molar-refractivity contribution in [1.29, 1.82) is 0 Å². The van der Waals surface area contributed by atoms with Gasteiger partial charge in [-0.3, -0.25) is 9.59 Å². The number of rotatable bonds is 8. The number of alkyl halides is 3. The Morgan fingerprint density at radius 2 is 1.70 bits per heavy atom. The Kier molecular flexibility index (Phi) is 7.71. The topological polar surface area (TPSA) is 81.7 Å². The molecule has 0 fully saturated rings. The molecule has 0 aliphatic carbocycles. The van der Waals surface area contributed by atoms with E-state index in [1.807, 2.05) is 0 Å². The molecule has 1 N–H and O–H groups in total. The summed E-state index contributed by atoms with van der Waals surface area (Å²) in [6.45, 7) is 1.17. The molecule has 1 amide bonds. The Balaban J connectivity index is 1.89. The van der Waals surface area contributed by atoms with Gasteiger partial charge in [-0.25, -0.2) is 4.79 Å². The van der Waals surface area contributed by atoms with E-state index in [0.717, 1.165) is 0 Å². The van der Waals surface area contributed by atoms with Crippen LogP contribution in [0.15, 0.2) is 48.5 Å². The number of halogens is 3. The van der Waals surface area contributed by atoms with E-state index in [9.17, 15) is 27.6 Å². The van der Waals surface area contributed by atoms with E-state index < -0.39 is 30.8 Å². The predicted molar refractivity (Wildman–Crippen MR) is 102 cm³/mol. The number of Topliss-reactive ketones (excluding diaryl/α,β-unsaturated/α-hetero) is 1. The second-order valence-corrected chi connectivity index (χ2v) is 6.48. The summed E-state index contributed by atoms with van der Waals surface area (Å²) < 4.78 is 45.9. The predicted octanol–water partition coefficient (Wildman–Crippen LogP) is 4.15. The highest BCUT2D eigenvalue weighted by molar-refractivity contribution is 5.99. The van der Waals surface area contributed by atoms with Gasteiger partial charge < -0.3 is 14.8 Å². The van der Waals surface area contributed by atoms with Crippen LogP contribution in [0.2, 0.25) is 0 Å². The Hall–Kier alpha value is -3.20. The summed E-state index contributed by atoms with van der Waals surface area (Å²) in [5, 5.41) is 2.56. The van der Waals surface area contributed by atoms with E-state index in [1.165, 1.54) is 44.2 Å². The van der Waals surface area contributed by atoms with Crippen LogP contribution in [0.5, 0.6) is 0 Å². The number of anilines is 1. The summed E-state index contributed by atoms with van der Waals surface area (Å²) >= 11 is 0. The largest absolute Gasteiger partial charge is 0.449 e. The maximum atomic E-state index is 12.2. The van der Waals surface area contributed by atoms with Crippen LogP contribution in [0.25, 0.3) is 0 Å². The molecule has 0 spiro atoms. The zero-order valence-electron chi connectivity index (χ0n) is 16.3. The van der Waals surface area contributed by atoms with Crippen molar-refractivity contribution in [3.8, 4) is 0 Å². The first-order valence-electron chi connectivity index (χ1n) is 8.91. The third-order valence-corrected chi connectivity index (χ3v) is 3.91. The zero-order chi connectivity index (χ0) is 22.3. The number of ether oxygens (including phenoxy) is 2. The number of benzene rings is 2. The average molecular weight is 423 g/mol. The molecule has 0 saturated heterocycles. The molecule has 1 unspecified atom stereocenters. The molecule has 0 heterocycles. The van der Waals surface area contributed by atoms with E-state index in [0.29, 0.717) is 16.8 Å². The first-order chi connectivity index (χ1) is 14.0. The normalized spacial score (nSPS) is 12.2. The highest BCUT2D eigenvalue weighted by Crippen LogP contribution is 2.16. The zero-order valence-corrected chi connectivity index (χ0v) is 16.3. The molecule has 0 radical (unpaired) electrons. The highest BCUT2D eigenvalue weighted by Gasteiger charge is 2.27. The van der Waals surface area contributed by atoms with Crippen LogP contribution >= 0.6 is 0 Å². The molecule has 9 heteroatoms. The minimum atomic E-state index is -4.41. The number of carbonyl (C=O) groups is 3. The van der Waals surface area contributed by atoms with Gasteiger partial charge in [0.25, 0.3) is 5.91 Å². The second-order valence-electron chi connectivity index (χ2n) is 6.48. The fourth-order valence-electron chi connectivity index (χ4n) is 2.36. The molecule has 2 aromatic carbocycles. The lowest BCUT2D eigenvalue weighted by atomic mass is 10.1. The third-order valence-electron chi connectivity index (χ3n) is 3.91. The summed E-state index contributed by atoms with van der Waals surface area (Å²) in [5.41, 5.74) is 1.40. The molecule has 2 rings (SSSR count). The van der Waals surface area contributed by atoms with Crippen molar-refractivity contribution in [1.82, 2.24) is 0 Å². The molecule has 1 atom stereocenters. The fraction of sp³-hybridized carbons (Fsp3) is 0.286. The fourth-order valence-corrected chi connectivity index (χ4v) is 2.36. The number of nitrogens with one attached hydrogen (secondary N) is 1. The summed E-state index contributed by atoms with van der Waals surface area (Å²) in [6, 6.07) is 11.9. The van der Waals surface area contributed by atoms with Gasteiger partial charge in [0.1, 0.15) is 6.61 Å². The molecule has 0 aliphatic rings. The third kappa shape index (κ3) is 7.32. The van der Waals surface area contributed by atoms with Crippen molar-refractivity contribution in [3.63, 3.8) is 0 Å². The van der Waals surface area contributed by atoms with Crippen molar-refractivity contribution < 1.29 is 37.0 Å². The molecule has 160 valence electrons. The van der Waals surface area contributed by atoms with Gasteiger partial charge >= 0.3 is 12.1 Å². The molecule has 2 aromatic rings. The lowest BCUT2D eigenvalue weighted by Gasteiger charge is -2.14. The van der Waals surface area contributed by atoms with E-state index in [-0.39, 0.29) is 18.0 Å².